The maximum absolute atomic E-state index is 11.5. The van der Waals surface area contributed by atoms with Crippen molar-refractivity contribution in [2.24, 2.45) is 0 Å². The number of benzene rings is 1. The molecule has 0 aliphatic rings. The molecule has 1 N–H and O–H groups in total. The molecule has 0 bridgehead atoms. The Hall–Kier alpha value is -3.37. The third-order valence-corrected chi connectivity index (χ3v) is 2.82. The Morgan fingerprint density at radius 1 is 1.20 bits per heavy atom. The fourth-order valence-electron chi connectivity index (χ4n) is 1.71. The minimum absolute atomic E-state index is 0.0315. The number of phenols is 1. The van der Waals surface area contributed by atoms with Crippen LogP contribution in [0, 0.1) is 20.2 Å². The van der Waals surface area contributed by atoms with E-state index < -0.39 is 28.9 Å². The van der Waals surface area contributed by atoms with Gasteiger partial charge in [-0.25, -0.2) is 4.79 Å². The van der Waals surface area contributed by atoms with Gasteiger partial charge < -0.3 is 19.5 Å². The highest BCUT2D eigenvalue weighted by atomic mass is 17.0. The number of phenolic OH excluding ortho intramolecular Hbond substituents is 1. The van der Waals surface area contributed by atoms with Crippen molar-refractivity contribution in [1.29, 1.82) is 0 Å². The van der Waals surface area contributed by atoms with Crippen LogP contribution in [-0.4, -0.2) is 40.6 Å². The van der Waals surface area contributed by atoms with Gasteiger partial charge in [-0.15, -0.1) is 20.2 Å². The number of carbonyl (C=O) groups is 1. The van der Waals surface area contributed by atoms with E-state index in [9.17, 15) is 25.0 Å². The number of hydrogen-bond donors (Lipinski definition) is 1. The quantitative estimate of drug-likeness (QED) is 0.204. The Balaban J connectivity index is 2.31. The molecule has 0 aliphatic heterocycles. The SMILES string of the molecule is O=C(/C=C/c1ccc(O)cc1)OCCCC(CO[N+](=O)[O-])O[N+](=O)[O-]. The second-order valence-corrected chi connectivity index (χ2v) is 4.70. The van der Waals surface area contributed by atoms with Gasteiger partial charge in [0, 0.05) is 6.08 Å². The number of nitrogens with zero attached hydrogens (tertiary/aromatic N) is 2. The lowest BCUT2D eigenvalue weighted by atomic mass is 10.2. The molecule has 25 heavy (non-hydrogen) atoms. The van der Waals surface area contributed by atoms with Crippen molar-refractivity contribution in [2.75, 3.05) is 13.2 Å². The molecule has 136 valence electrons. The van der Waals surface area contributed by atoms with E-state index in [4.69, 9.17) is 9.84 Å². The van der Waals surface area contributed by atoms with Crippen LogP contribution in [0.25, 0.3) is 6.08 Å². The fourth-order valence-corrected chi connectivity index (χ4v) is 1.71. The summed E-state index contributed by atoms with van der Waals surface area (Å²) in [6, 6.07) is 6.14. The second kappa shape index (κ2) is 10.4. The Bertz CT molecular complexity index is 615. The first-order valence-corrected chi connectivity index (χ1v) is 7.09. The molecular weight excluding hydrogens is 340 g/mol. The van der Waals surface area contributed by atoms with Crippen LogP contribution in [0.4, 0.5) is 0 Å². The van der Waals surface area contributed by atoms with Gasteiger partial charge in [-0.2, -0.15) is 0 Å². The summed E-state index contributed by atoms with van der Waals surface area (Å²) in [5, 5.41) is 27.4. The molecule has 0 amide bonds. The monoisotopic (exact) mass is 356 g/mol. The van der Waals surface area contributed by atoms with Crippen molar-refractivity contribution in [3.63, 3.8) is 0 Å². The maximum atomic E-state index is 11.5. The minimum atomic E-state index is -1.13. The summed E-state index contributed by atoms with van der Waals surface area (Å²) in [7, 11) is 0. The first-order chi connectivity index (χ1) is 11.9. The summed E-state index contributed by atoms with van der Waals surface area (Å²) in [4.78, 5) is 40.2. The van der Waals surface area contributed by atoms with E-state index in [-0.39, 0.29) is 25.2 Å². The number of aromatic hydroxyl groups is 1. The highest BCUT2D eigenvalue weighted by Gasteiger charge is 2.15. The molecule has 1 aromatic carbocycles. The molecule has 0 aromatic heterocycles. The summed E-state index contributed by atoms with van der Waals surface area (Å²) < 4.78 is 4.89. The highest BCUT2D eigenvalue weighted by Crippen LogP contribution is 2.11. The Kier molecular flexibility index (Phi) is 8.20. The van der Waals surface area contributed by atoms with Gasteiger partial charge in [-0.3, -0.25) is 0 Å². The van der Waals surface area contributed by atoms with Crippen LogP contribution in [0.5, 0.6) is 5.75 Å². The molecule has 0 saturated carbocycles. The first kappa shape index (κ1) is 19.7. The third kappa shape index (κ3) is 9.38. The van der Waals surface area contributed by atoms with E-state index >= 15 is 0 Å². The molecule has 0 radical (unpaired) electrons. The zero-order valence-electron chi connectivity index (χ0n) is 13.0. The summed E-state index contributed by atoms with van der Waals surface area (Å²) in [5.41, 5.74) is 0.686. The Labute approximate surface area is 141 Å². The lowest BCUT2D eigenvalue weighted by Crippen LogP contribution is -2.25. The van der Waals surface area contributed by atoms with Crippen molar-refractivity contribution in [3.05, 3.63) is 56.1 Å². The van der Waals surface area contributed by atoms with E-state index in [0.717, 1.165) is 0 Å². The van der Waals surface area contributed by atoms with Crippen LogP contribution < -0.4 is 0 Å². The molecule has 1 atom stereocenters. The van der Waals surface area contributed by atoms with Gasteiger partial charge in [0.1, 0.15) is 18.5 Å². The minimum Gasteiger partial charge on any atom is -0.508 e. The zero-order valence-corrected chi connectivity index (χ0v) is 13.0. The van der Waals surface area contributed by atoms with Gasteiger partial charge in [-0.1, -0.05) is 12.1 Å². The molecule has 0 spiro atoms. The largest absolute Gasteiger partial charge is 0.508 e. The lowest BCUT2D eigenvalue weighted by Gasteiger charge is -2.13. The van der Waals surface area contributed by atoms with E-state index in [1.54, 1.807) is 12.1 Å². The smallest absolute Gasteiger partial charge is 0.330 e. The van der Waals surface area contributed by atoms with E-state index in [1.165, 1.54) is 24.3 Å². The third-order valence-electron chi connectivity index (χ3n) is 2.82. The fraction of sp³-hybridized carbons (Fsp3) is 0.357. The van der Waals surface area contributed by atoms with Gasteiger partial charge >= 0.3 is 5.97 Å². The van der Waals surface area contributed by atoms with Crippen molar-refractivity contribution in [2.45, 2.75) is 18.9 Å². The number of esters is 1. The zero-order chi connectivity index (χ0) is 18.7. The number of carbonyl (C=O) groups excluding carboxylic acids is 1. The highest BCUT2D eigenvalue weighted by molar-refractivity contribution is 5.87. The normalized spacial score (nSPS) is 11.7. The van der Waals surface area contributed by atoms with Gasteiger partial charge in [0.05, 0.1) is 6.61 Å². The molecule has 1 rings (SSSR count). The number of ether oxygens (including phenoxy) is 1. The first-order valence-electron chi connectivity index (χ1n) is 7.09. The topological polar surface area (TPSA) is 151 Å². The van der Waals surface area contributed by atoms with Gasteiger partial charge in [0.25, 0.3) is 10.2 Å². The van der Waals surface area contributed by atoms with E-state index in [1.807, 2.05) is 0 Å². The summed E-state index contributed by atoms with van der Waals surface area (Å²) >= 11 is 0. The lowest BCUT2D eigenvalue weighted by molar-refractivity contribution is -0.790. The molecule has 0 aliphatic carbocycles. The summed E-state index contributed by atoms with van der Waals surface area (Å²) in [6.07, 6.45) is 1.77. The van der Waals surface area contributed by atoms with Gasteiger partial charge in [0.2, 0.25) is 0 Å². The molecular formula is C14H16N2O9. The van der Waals surface area contributed by atoms with Crippen molar-refractivity contribution in [1.82, 2.24) is 0 Å². The predicted octanol–water partition coefficient (Wildman–Crippen LogP) is 1.51. The molecule has 1 aromatic rings. The average molecular weight is 356 g/mol. The second-order valence-electron chi connectivity index (χ2n) is 4.70. The number of rotatable bonds is 11. The maximum Gasteiger partial charge on any atom is 0.330 e. The standard InChI is InChI=1S/C14H16N2O9/c17-12-6-3-11(4-7-12)5-8-14(18)23-9-1-2-13(25-16(21)22)10-24-15(19)20/h3-8,13,17H,1-2,9-10H2/b8-5+. The predicted molar refractivity (Wildman–Crippen MR) is 82.1 cm³/mol. The van der Waals surface area contributed by atoms with Crippen LogP contribution in [0.2, 0.25) is 0 Å². The molecule has 11 nitrogen and oxygen atoms in total. The van der Waals surface area contributed by atoms with E-state index in [0.29, 0.717) is 5.56 Å². The van der Waals surface area contributed by atoms with Crippen LogP contribution in [-0.2, 0) is 19.2 Å². The van der Waals surface area contributed by atoms with Crippen LogP contribution in [0.3, 0.4) is 0 Å². The Morgan fingerprint density at radius 3 is 2.48 bits per heavy atom. The summed E-state index contributed by atoms with van der Waals surface area (Å²) in [5.74, 6) is -0.520. The molecule has 0 fully saturated rings. The van der Waals surface area contributed by atoms with Crippen LogP contribution in [0.1, 0.15) is 18.4 Å². The van der Waals surface area contributed by atoms with Crippen molar-refractivity contribution >= 4 is 12.0 Å². The molecule has 1 unspecified atom stereocenters. The van der Waals surface area contributed by atoms with Crippen LogP contribution in [0.15, 0.2) is 30.3 Å². The molecule has 0 heterocycles. The van der Waals surface area contributed by atoms with Crippen molar-refractivity contribution in [3.8, 4) is 5.75 Å². The van der Waals surface area contributed by atoms with Gasteiger partial charge in [-0.05, 0) is 36.6 Å². The molecule has 11 heteroatoms. The Morgan fingerprint density at radius 2 is 1.88 bits per heavy atom. The average Bonchev–Trinajstić information content (AvgIpc) is 2.55. The van der Waals surface area contributed by atoms with Crippen LogP contribution >= 0.6 is 0 Å². The van der Waals surface area contributed by atoms with Crippen molar-refractivity contribution < 1.29 is 34.5 Å². The molecule has 0 saturated heterocycles. The van der Waals surface area contributed by atoms with E-state index in [2.05, 4.69) is 9.68 Å². The number of hydrogen-bond acceptors (Lipinski definition) is 9. The summed E-state index contributed by atoms with van der Waals surface area (Å²) in [6.45, 7) is -0.641. The van der Waals surface area contributed by atoms with Gasteiger partial charge in [0.15, 0.2) is 0 Å².